The predicted molar refractivity (Wildman–Crippen MR) is 110 cm³/mol. The zero-order valence-electron chi connectivity index (χ0n) is 16.4. The molecule has 0 aliphatic carbocycles. The van der Waals surface area contributed by atoms with Crippen molar-refractivity contribution in [1.29, 1.82) is 0 Å². The van der Waals surface area contributed by atoms with Gasteiger partial charge in [-0.05, 0) is 36.1 Å². The molecular weight excluding hydrogens is 368 g/mol. The number of hydrogen-bond acceptors (Lipinski definition) is 3. The molecule has 0 radical (unpaired) electrons. The van der Waals surface area contributed by atoms with Crippen molar-refractivity contribution in [1.82, 2.24) is 9.88 Å². The standard InChI is InChI=1S/C23H24N2O4/c1-29-19-9-5-8-18-21(19)16(15-24-18)14-20(26)25-12-10-23(11-13-25,22(27)28)17-6-3-2-4-7-17/h2-9,15,24H,10-14H2,1H3,(H,27,28). The highest BCUT2D eigenvalue weighted by atomic mass is 16.5. The number of nitrogens with one attached hydrogen (secondary N) is 1. The van der Waals surface area contributed by atoms with Gasteiger partial charge in [-0.3, -0.25) is 9.59 Å². The lowest BCUT2D eigenvalue weighted by molar-refractivity contribution is -0.148. The molecule has 0 atom stereocenters. The van der Waals surface area contributed by atoms with Gasteiger partial charge in [0, 0.05) is 30.2 Å². The number of nitrogens with zero attached hydrogens (tertiary/aromatic N) is 1. The predicted octanol–water partition coefficient (Wildman–Crippen LogP) is 3.36. The lowest BCUT2D eigenvalue weighted by Crippen LogP contribution is -2.49. The molecule has 1 aliphatic rings. The number of ether oxygens (including phenoxy) is 1. The molecule has 6 heteroatoms. The number of carbonyl (C=O) groups is 2. The Bertz CT molecular complexity index is 1030. The summed E-state index contributed by atoms with van der Waals surface area (Å²) in [6.07, 6.45) is 2.93. The topological polar surface area (TPSA) is 82.6 Å². The summed E-state index contributed by atoms with van der Waals surface area (Å²) in [5, 5.41) is 10.8. The zero-order valence-corrected chi connectivity index (χ0v) is 16.4. The van der Waals surface area contributed by atoms with Crippen LogP contribution in [-0.4, -0.2) is 47.1 Å². The first-order chi connectivity index (χ1) is 14.0. The second-order valence-corrected chi connectivity index (χ2v) is 7.51. The number of rotatable bonds is 5. The van der Waals surface area contributed by atoms with Gasteiger partial charge in [-0.2, -0.15) is 0 Å². The molecule has 150 valence electrons. The van der Waals surface area contributed by atoms with Crippen LogP contribution < -0.4 is 4.74 Å². The molecule has 29 heavy (non-hydrogen) atoms. The van der Waals surface area contributed by atoms with Gasteiger partial charge < -0.3 is 19.7 Å². The minimum atomic E-state index is -0.929. The minimum Gasteiger partial charge on any atom is -0.496 e. The molecule has 4 rings (SSSR count). The van der Waals surface area contributed by atoms with E-state index in [0.717, 1.165) is 27.8 Å². The van der Waals surface area contributed by atoms with Gasteiger partial charge in [0.05, 0.1) is 18.9 Å². The van der Waals surface area contributed by atoms with Gasteiger partial charge in [-0.15, -0.1) is 0 Å². The van der Waals surface area contributed by atoms with Crippen LogP contribution in [0.3, 0.4) is 0 Å². The van der Waals surface area contributed by atoms with Crippen LogP contribution in [0.4, 0.5) is 0 Å². The smallest absolute Gasteiger partial charge is 0.314 e. The Morgan fingerprint density at radius 1 is 1.10 bits per heavy atom. The average molecular weight is 392 g/mol. The first-order valence-electron chi connectivity index (χ1n) is 9.75. The number of likely N-dealkylation sites (tertiary alicyclic amines) is 1. The number of fused-ring (bicyclic) bond motifs is 1. The summed E-state index contributed by atoms with van der Waals surface area (Å²) in [7, 11) is 1.62. The third-order valence-electron chi connectivity index (χ3n) is 6.02. The monoisotopic (exact) mass is 392 g/mol. The molecule has 0 saturated carbocycles. The molecule has 0 bridgehead atoms. The van der Waals surface area contributed by atoms with Crippen molar-refractivity contribution in [3.05, 3.63) is 65.9 Å². The third kappa shape index (κ3) is 3.35. The number of benzene rings is 2. The number of methoxy groups -OCH3 is 1. The summed E-state index contributed by atoms with van der Waals surface area (Å²) >= 11 is 0. The average Bonchev–Trinajstić information content (AvgIpc) is 3.17. The van der Waals surface area contributed by atoms with E-state index in [1.807, 2.05) is 54.7 Å². The summed E-state index contributed by atoms with van der Waals surface area (Å²) in [5.74, 6) is -0.0832. The van der Waals surface area contributed by atoms with Crippen molar-refractivity contribution in [2.45, 2.75) is 24.7 Å². The number of aliphatic carboxylic acids is 1. The Labute approximate surface area is 169 Å². The van der Waals surface area contributed by atoms with Gasteiger partial charge in [0.25, 0.3) is 0 Å². The normalized spacial score (nSPS) is 16.0. The van der Waals surface area contributed by atoms with E-state index in [4.69, 9.17) is 4.74 Å². The van der Waals surface area contributed by atoms with E-state index < -0.39 is 11.4 Å². The molecule has 0 spiro atoms. The number of carbonyl (C=O) groups excluding carboxylic acids is 1. The number of aromatic amines is 1. The molecule has 3 aromatic rings. The van der Waals surface area contributed by atoms with Crippen LogP contribution in [-0.2, 0) is 21.4 Å². The van der Waals surface area contributed by atoms with Crippen LogP contribution in [0.1, 0.15) is 24.0 Å². The van der Waals surface area contributed by atoms with Crippen molar-refractivity contribution in [3.8, 4) is 5.75 Å². The van der Waals surface area contributed by atoms with Crippen molar-refractivity contribution < 1.29 is 19.4 Å². The Morgan fingerprint density at radius 2 is 1.83 bits per heavy atom. The Kier molecular flexibility index (Phi) is 5.01. The fraction of sp³-hybridized carbons (Fsp3) is 0.304. The summed E-state index contributed by atoms with van der Waals surface area (Å²) in [4.78, 5) is 30.0. The van der Waals surface area contributed by atoms with Crippen molar-refractivity contribution in [2.75, 3.05) is 20.2 Å². The third-order valence-corrected chi connectivity index (χ3v) is 6.02. The van der Waals surface area contributed by atoms with E-state index in [2.05, 4.69) is 4.98 Å². The number of H-pyrrole nitrogens is 1. The lowest BCUT2D eigenvalue weighted by Gasteiger charge is -2.39. The van der Waals surface area contributed by atoms with Crippen molar-refractivity contribution in [3.63, 3.8) is 0 Å². The minimum absolute atomic E-state index is 0.00357. The number of amides is 1. The van der Waals surface area contributed by atoms with E-state index in [9.17, 15) is 14.7 Å². The first-order valence-corrected chi connectivity index (χ1v) is 9.75. The number of carboxylic acid groups (broad SMARTS) is 1. The van der Waals surface area contributed by atoms with Crippen molar-refractivity contribution in [2.24, 2.45) is 0 Å². The molecule has 2 N–H and O–H groups in total. The summed E-state index contributed by atoms with van der Waals surface area (Å²) in [6, 6.07) is 15.1. The van der Waals surface area contributed by atoms with E-state index in [0.29, 0.717) is 25.9 Å². The highest BCUT2D eigenvalue weighted by molar-refractivity contribution is 5.93. The van der Waals surface area contributed by atoms with Gasteiger partial charge in [-0.1, -0.05) is 36.4 Å². The molecular formula is C23H24N2O4. The Balaban J connectivity index is 1.51. The Morgan fingerprint density at radius 3 is 2.48 bits per heavy atom. The largest absolute Gasteiger partial charge is 0.496 e. The van der Waals surface area contributed by atoms with Gasteiger partial charge in [-0.25, -0.2) is 0 Å². The zero-order chi connectivity index (χ0) is 20.4. The van der Waals surface area contributed by atoms with Gasteiger partial charge in [0.2, 0.25) is 5.91 Å². The SMILES string of the molecule is COc1cccc2[nH]cc(CC(=O)N3CCC(C(=O)O)(c4ccccc4)CC3)c12. The summed E-state index contributed by atoms with van der Waals surface area (Å²) in [5.41, 5.74) is 1.70. The molecule has 2 heterocycles. The van der Waals surface area contributed by atoms with E-state index in [1.54, 1.807) is 12.0 Å². The summed E-state index contributed by atoms with van der Waals surface area (Å²) in [6.45, 7) is 0.860. The molecule has 1 fully saturated rings. The first kappa shape index (κ1) is 19.1. The van der Waals surface area contributed by atoms with E-state index in [1.165, 1.54) is 0 Å². The molecule has 1 aliphatic heterocycles. The number of hydrogen-bond donors (Lipinski definition) is 2. The molecule has 1 amide bonds. The maximum atomic E-state index is 12.9. The van der Waals surface area contributed by atoms with Gasteiger partial charge >= 0.3 is 5.97 Å². The highest BCUT2D eigenvalue weighted by Crippen LogP contribution is 2.36. The maximum Gasteiger partial charge on any atom is 0.314 e. The van der Waals surface area contributed by atoms with E-state index >= 15 is 0 Å². The highest BCUT2D eigenvalue weighted by Gasteiger charge is 2.43. The van der Waals surface area contributed by atoms with Crippen LogP contribution in [0.15, 0.2) is 54.7 Å². The van der Waals surface area contributed by atoms with E-state index in [-0.39, 0.29) is 12.3 Å². The molecule has 0 unspecified atom stereocenters. The molecule has 1 aromatic heterocycles. The number of aromatic nitrogens is 1. The molecule has 2 aromatic carbocycles. The van der Waals surface area contributed by atoms with Crippen LogP contribution in [0, 0.1) is 0 Å². The van der Waals surface area contributed by atoms with Crippen LogP contribution in [0.5, 0.6) is 5.75 Å². The number of piperidine rings is 1. The van der Waals surface area contributed by atoms with Gasteiger partial charge in [0.1, 0.15) is 5.75 Å². The number of carboxylic acids is 1. The van der Waals surface area contributed by atoms with Crippen LogP contribution in [0.25, 0.3) is 10.9 Å². The second-order valence-electron chi connectivity index (χ2n) is 7.51. The lowest BCUT2D eigenvalue weighted by atomic mass is 9.73. The maximum absolute atomic E-state index is 12.9. The molecule has 6 nitrogen and oxygen atoms in total. The van der Waals surface area contributed by atoms with Crippen LogP contribution in [0.2, 0.25) is 0 Å². The fourth-order valence-corrected chi connectivity index (χ4v) is 4.32. The fourth-order valence-electron chi connectivity index (χ4n) is 4.32. The Hall–Kier alpha value is -3.28. The van der Waals surface area contributed by atoms with Crippen LogP contribution >= 0.6 is 0 Å². The molecule has 1 saturated heterocycles. The summed E-state index contributed by atoms with van der Waals surface area (Å²) < 4.78 is 5.45. The van der Waals surface area contributed by atoms with Crippen molar-refractivity contribution >= 4 is 22.8 Å². The second kappa shape index (κ2) is 7.62. The quantitative estimate of drug-likeness (QED) is 0.697. The van der Waals surface area contributed by atoms with Gasteiger partial charge in [0.15, 0.2) is 0 Å².